The fourth-order valence-corrected chi connectivity index (χ4v) is 3.26. The van der Waals surface area contributed by atoms with E-state index >= 15 is 0 Å². The Morgan fingerprint density at radius 3 is 2.68 bits per heavy atom. The van der Waals surface area contributed by atoms with Crippen LogP contribution in [-0.2, 0) is 6.54 Å². The van der Waals surface area contributed by atoms with Gasteiger partial charge >= 0.3 is 0 Å². The highest BCUT2D eigenvalue weighted by molar-refractivity contribution is 5.41. The lowest BCUT2D eigenvalue weighted by molar-refractivity contribution is 0.0465. The van der Waals surface area contributed by atoms with Crippen molar-refractivity contribution in [3.63, 3.8) is 0 Å². The first kappa shape index (κ1) is 12.9. The van der Waals surface area contributed by atoms with E-state index in [1.165, 1.54) is 12.8 Å². The minimum absolute atomic E-state index is 0.0860. The molecule has 1 aromatic rings. The van der Waals surface area contributed by atoms with Crippen LogP contribution in [0.5, 0.6) is 5.75 Å². The van der Waals surface area contributed by atoms with Gasteiger partial charge in [-0.15, -0.1) is 0 Å². The van der Waals surface area contributed by atoms with Crippen molar-refractivity contribution in [1.29, 1.82) is 0 Å². The summed E-state index contributed by atoms with van der Waals surface area (Å²) in [6.45, 7) is 7.02. The van der Waals surface area contributed by atoms with E-state index in [1.54, 1.807) is 7.11 Å². The molecule has 0 unspecified atom stereocenters. The minimum atomic E-state index is 0.0860. The lowest BCUT2D eigenvalue weighted by Crippen LogP contribution is -2.68. The second-order valence-corrected chi connectivity index (χ2v) is 6.20. The zero-order chi connectivity index (χ0) is 13.6. The number of methoxy groups -OCH3 is 1. The summed E-state index contributed by atoms with van der Waals surface area (Å²) in [6.07, 6.45) is 4.54. The molecular formula is C15H23N3O. The molecule has 4 heteroatoms. The summed E-state index contributed by atoms with van der Waals surface area (Å²) in [6, 6.07) is 0. The molecule has 2 fully saturated rings. The highest BCUT2D eigenvalue weighted by atomic mass is 16.5. The Balaban J connectivity index is 1.68. The normalized spacial score (nSPS) is 22.1. The van der Waals surface area contributed by atoms with Crippen molar-refractivity contribution in [2.24, 2.45) is 11.7 Å². The topological polar surface area (TPSA) is 51.4 Å². The first-order valence-corrected chi connectivity index (χ1v) is 7.04. The van der Waals surface area contributed by atoms with Gasteiger partial charge in [0, 0.05) is 42.5 Å². The first-order chi connectivity index (χ1) is 9.03. The number of rotatable bonds is 4. The predicted octanol–water partition coefficient (Wildman–Crippen LogP) is 1.63. The monoisotopic (exact) mass is 261 g/mol. The van der Waals surface area contributed by atoms with E-state index in [0.717, 1.165) is 48.1 Å². The Hall–Kier alpha value is -1.13. The van der Waals surface area contributed by atoms with Crippen molar-refractivity contribution in [3.8, 4) is 5.75 Å². The van der Waals surface area contributed by atoms with Gasteiger partial charge in [0.2, 0.25) is 0 Å². The van der Waals surface area contributed by atoms with Crippen LogP contribution in [0, 0.1) is 19.8 Å². The molecule has 0 amide bonds. The molecule has 1 aromatic heterocycles. The Labute approximate surface area is 115 Å². The molecular weight excluding hydrogens is 238 g/mol. The highest BCUT2D eigenvalue weighted by Gasteiger charge is 2.50. The molecule has 2 aliphatic rings. The molecule has 3 rings (SSSR count). The maximum Gasteiger partial charge on any atom is 0.128 e. The van der Waals surface area contributed by atoms with Crippen molar-refractivity contribution < 1.29 is 4.74 Å². The van der Waals surface area contributed by atoms with Crippen LogP contribution >= 0.6 is 0 Å². The maximum atomic E-state index is 6.38. The molecule has 104 valence electrons. The van der Waals surface area contributed by atoms with Gasteiger partial charge in [-0.3, -0.25) is 9.88 Å². The van der Waals surface area contributed by atoms with Crippen LogP contribution in [0.4, 0.5) is 0 Å². The van der Waals surface area contributed by atoms with Gasteiger partial charge in [0.15, 0.2) is 0 Å². The lowest BCUT2D eigenvalue weighted by atomic mass is 9.85. The van der Waals surface area contributed by atoms with Gasteiger partial charge in [-0.05, 0) is 32.6 Å². The number of aromatic nitrogens is 1. The number of ether oxygens (including phenoxy) is 1. The molecule has 1 saturated heterocycles. The molecule has 4 nitrogen and oxygen atoms in total. The number of nitrogens with zero attached hydrogens (tertiary/aromatic N) is 2. The lowest BCUT2D eigenvalue weighted by Gasteiger charge is -2.48. The maximum absolute atomic E-state index is 6.38. The second-order valence-electron chi connectivity index (χ2n) is 6.20. The van der Waals surface area contributed by atoms with Crippen molar-refractivity contribution in [2.45, 2.75) is 38.8 Å². The average molecular weight is 261 g/mol. The van der Waals surface area contributed by atoms with Crippen LogP contribution in [-0.4, -0.2) is 35.6 Å². The molecule has 0 atom stereocenters. The van der Waals surface area contributed by atoms with Crippen LogP contribution in [0.25, 0.3) is 0 Å². The Bertz CT molecular complexity index is 490. The molecule has 2 N–H and O–H groups in total. The number of pyridine rings is 1. The first-order valence-electron chi connectivity index (χ1n) is 7.04. The third-order valence-electron chi connectivity index (χ3n) is 4.55. The largest absolute Gasteiger partial charge is 0.496 e. The summed E-state index contributed by atoms with van der Waals surface area (Å²) in [4.78, 5) is 6.95. The van der Waals surface area contributed by atoms with E-state index in [1.807, 2.05) is 13.1 Å². The van der Waals surface area contributed by atoms with Gasteiger partial charge < -0.3 is 10.5 Å². The predicted molar refractivity (Wildman–Crippen MR) is 75.2 cm³/mol. The molecule has 1 aliphatic carbocycles. The van der Waals surface area contributed by atoms with Gasteiger partial charge in [0.25, 0.3) is 0 Å². The molecule has 1 aliphatic heterocycles. The molecule has 0 spiro atoms. The summed E-state index contributed by atoms with van der Waals surface area (Å²) in [5.74, 6) is 1.73. The van der Waals surface area contributed by atoms with Gasteiger partial charge in [0.1, 0.15) is 5.75 Å². The number of aryl methyl sites for hydroxylation is 1. The summed E-state index contributed by atoms with van der Waals surface area (Å²) < 4.78 is 5.46. The third-order valence-corrected chi connectivity index (χ3v) is 4.55. The zero-order valence-corrected chi connectivity index (χ0v) is 12.1. The number of nitrogens with two attached hydrogens (primary N) is 1. The van der Waals surface area contributed by atoms with Gasteiger partial charge in [0.05, 0.1) is 12.8 Å². The van der Waals surface area contributed by atoms with Crippen LogP contribution in [0.2, 0.25) is 0 Å². The number of hydrogen-bond donors (Lipinski definition) is 1. The van der Waals surface area contributed by atoms with Gasteiger partial charge in [-0.25, -0.2) is 0 Å². The van der Waals surface area contributed by atoms with E-state index in [2.05, 4.69) is 16.8 Å². The average Bonchev–Trinajstić information content (AvgIpc) is 3.15. The minimum Gasteiger partial charge on any atom is -0.496 e. The Morgan fingerprint density at radius 2 is 2.11 bits per heavy atom. The Kier molecular flexibility index (Phi) is 3.02. The molecule has 0 radical (unpaired) electrons. The van der Waals surface area contributed by atoms with Crippen LogP contribution in [0.3, 0.4) is 0 Å². The van der Waals surface area contributed by atoms with Gasteiger partial charge in [-0.1, -0.05) is 0 Å². The standard InChI is InChI=1S/C15H23N3O/c1-10-6-17-13(11(2)14(10)19-3)7-18-8-15(16,9-18)12-4-5-12/h6,12H,4-5,7-9,16H2,1-3H3. The zero-order valence-electron chi connectivity index (χ0n) is 12.1. The molecule has 0 bridgehead atoms. The molecule has 1 saturated carbocycles. The van der Waals surface area contributed by atoms with E-state index in [0.29, 0.717) is 0 Å². The van der Waals surface area contributed by atoms with E-state index in [9.17, 15) is 0 Å². The Morgan fingerprint density at radius 1 is 1.42 bits per heavy atom. The smallest absolute Gasteiger partial charge is 0.128 e. The summed E-state index contributed by atoms with van der Waals surface area (Å²) >= 11 is 0. The third kappa shape index (κ3) is 2.23. The van der Waals surface area contributed by atoms with Crippen molar-refractivity contribution >= 4 is 0 Å². The second kappa shape index (κ2) is 4.46. The summed E-state index contributed by atoms with van der Waals surface area (Å²) in [5, 5.41) is 0. The van der Waals surface area contributed by atoms with Crippen molar-refractivity contribution in [2.75, 3.05) is 20.2 Å². The number of likely N-dealkylation sites (tertiary alicyclic amines) is 1. The summed E-state index contributed by atoms with van der Waals surface area (Å²) in [7, 11) is 1.72. The van der Waals surface area contributed by atoms with Crippen molar-refractivity contribution in [1.82, 2.24) is 9.88 Å². The molecule has 2 heterocycles. The number of hydrogen-bond acceptors (Lipinski definition) is 4. The van der Waals surface area contributed by atoms with E-state index < -0.39 is 0 Å². The highest BCUT2D eigenvalue weighted by Crippen LogP contribution is 2.43. The van der Waals surface area contributed by atoms with Crippen LogP contribution in [0.15, 0.2) is 6.20 Å². The van der Waals surface area contributed by atoms with E-state index in [-0.39, 0.29) is 5.54 Å². The summed E-state index contributed by atoms with van der Waals surface area (Å²) in [5.41, 5.74) is 9.83. The van der Waals surface area contributed by atoms with Crippen LogP contribution in [0.1, 0.15) is 29.7 Å². The van der Waals surface area contributed by atoms with E-state index in [4.69, 9.17) is 10.5 Å². The quantitative estimate of drug-likeness (QED) is 0.895. The fourth-order valence-electron chi connectivity index (χ4n) is 3.26. The SMILES string of the molecule is COc1c(C)cnc(CN2CC(N)(C3CC3)C2)c1C. The molecule has 0 aromatic carbocycles. The van der Waals surface area contributed by atoms with Crippen molar-refractivity contribution in [3.05, 3.63) is 23.0 Å². The van der Waals surface area contributed by atoms with Crippen LogP contribution < -0.4 is 10.5 Å². The fraction of sp³-hybridized carbons (Fsp3) is 0.667. The van der Waals surface area contributed by atoms with Gasteiger partial charge in [-0.2, -0.15) is 0 Å². The molecule has 19 heavy (non-hydrogen) atoms.